The van der Waals surface area contributed by atoms with Crippen molar-refractivity contribution in [3.63, 3.8) is 0 Å². The molecule has 2 rings (SSSR count). The van der Waals surface area contributed by atoms with E-state index >= 15 is 0 Å². The summed E-state index contributed by atoms with van der Waals surface area (Å²) >= 11 is 5.15. The van der Waals surface area contributed by atoms with Crippen LogP contribution in [-0.2, 0) is 0 Å². The minimum absolute atomic E-state index is 0.438. The summed E-state index contributed by atoms with van der Waals surface area (Å²) in [5.74, 6) is 0.797. The maximum absolute atomic E-state index is 5.41. The van der Waals surface area contributed by atoms with Gasteiger partial charge in [0.05, 0.1) is 6.21 Å². The highest BCUT2D eigenvalue weighted by Gasteiger charge is 1.95. The molecule has 0 radical (unpaired) electrons. The first-order chi connectivity index (χ1) is 10.8. The topological polar surface area (TPSA) is 45.6 Å². The molecule has 0 saturated carbocycles. The van der Waals surface area contributed by atoms with Crippen LogP contribution in [0, 0.1) is 0 Å². The summed E-state index contributed by atoms with van der Waals surface area (Å²) in [5, 5.41) is 7.57. The Morgan fingerprint density at radius 1 is 1.14 bits per heavy atom. The van der Waals surface area contributed by atoms with Gasteiger partial charge in [0.25, 0.3) is 0 Å². The molecule has 0 amide bonds. The molecule has 22 heavy (non-hydrogen) atoms. The fourth-order valence-electron chi connectivity index (χ4n) is 1.65. The summed E-state index contributed by atoms with van der Waals surface area (Å²) in [6.45, 7) is 4.10. The lowest BCUT2D eigenvalue weighted by molar-refractivity contribution is 0.363. The highest BCUT2D eigenvalue weighted by atomic mass is 32.1. The third-order valence-corrected chi connectivity index (χ3v) is 2.85. The minimum Gasteiger partial charge on any atom is -0.490 e. The van der Waals surface area contributed by atoms with Crippen LogP contribution in [-0.4, -0.2) is 17.9 Å². The van der Waals surface area contributed by atoms with Gasteiger partial charge in [-0.15, -0.1) is 0 Å². The van der Waals surface area contributed by atoms with Gasteiger partial charge in [-0.25, -0.2) is 0 Å². The standard InChI is InChI=1S/C17H17N3OS/c1-2-12-21-16-10-8-14(9-11-16)13-18-20-17(22)19-15-6-4-3-5-7-15/h2-11,13H,1,12H2,(H2,19,20,22)/b18-13+. The number of hydrogen-bond donors (Lipinski definition) is 2. The monoisotopic (exact) mass is 311 g/mol. The molecule has 0 saturated heterocycles. The van der Waals surface area contributed by atoms with Crippen molar-refractivity contribution in [2.24, 2.45) is 5.10 Å². The number of nitrogens with one attached hydrogen (secondary N) is 2. The number of nitrogens with zero attached hydrogens (tertiary/aromatic N) is 1. The second-order valence-electron chi connectivity index (χ2n) is 4.36. The average molecular weight is 311 g/mol. The van der Waals surface area contributed by atoms with Crippen LogP contribution in [0.3, 0.4) is 0 Å². The Bertz CT molecular complexity index is 639. The van der Waals surface area contributed by atoms with E-state index in [-0.39, 0.29) is 0 Å². The summed E-state index contributed by atoms with van der Waals surface area (Å²) in [7, 11) is 0. The van der Waals surface area contributed by atoms with Crippen molar-refractivity contribution in [3.05, 3.63) is 72.8 Å². The van der Waals surface area contributed by atoms with Crippen molar-refractivity contribution >= 4 is 29.2 Å². The number of para-hydroxylation sites is 1. The molecule has 5 heteroatoms. The largest absolute Gasteiger partial charge is 0.490 e. The SMILES string of the molecule is C=CCOc1ccc(/C=N/NC(=S)Nc2ccccc2)cc1. The van der Waals surface area contributed by atoms with Crippen molar-refractivity contribution in [2.45, 2.75) is 0 Å². The summed E-state index contributed by atoms with van der Waals surface area (Å²) in [6.07, 6.45) is 3.40. The Balaban J connectivity index is 1.81. The summed E-state index contributed by atoms with van der Waals surface area (Å²) in [4.78, 5) is 0. The van der Waals surface area contributed by atoms with Crippen LogP contribution < -0.4 is 15.5 Å². The van der Waals surface area contributed by atoms with Crippen LogP contribution in [0.1, 0.15) is 5.56 Å². The Kier molecular flexibility index (Phi) is 6.14. The maximum Gasteiger partial charge on any atom is 0.191 e. The van der Waals surface area contributed by atoms with Gasteiger partial charge in [0.1, 0.15) is 12.4 Å². The first kappa shape index (κ1) is 15.7. The fraction of sp³-hybridized carbons (Fsp3) is 0.0588. The smallest absolute Gasteiger partial charge is 0.191 e. The Hall–Kier alpha value is -2.66. The molecule has 0 bridgehead atoms. The third-order valence-electron chi connectivity index (χ3n) is 2.66. The third kappa shape index (κ3) is 5.38. The van der Waals surface area contributed by atoms with Gasteiger partial charge in [-0.3, -0.25) is 5.43 Å². The second-order valence-corrected chi connectivity index (χ2v) is 4.77. The molecule has 0 aromatic heterocycles. The van der Waals surface area contributed by atoms with E-state index in [4.69, 9.17) is 17.0 Å². The van der Waals surface area contributed by atoms with E-state index in [0.717, 1.165) is 17.0 Å². The van der Waals surface area contributed by atoms with E-state index in [1.165, 1.54) is 0 Å². The van der Waals surface area contributed by atoms with Crippen LogP contribution in [0.2, 0.25) is 0 Å². The number of thiocarbonyl (C=S) groups is 1. The number of rotatable bonds is 6. The Morgan fingerprint density at radius 2 is 1.86 bits per heavy atom. The normalized spacial score (nSPS) is 10.2. The molecule has 0 fully saturated rings. The van der Waals surface area contributed by atoms with E-state index < -0.39 is 0 Å². The predicted molar refractivity (Wildman–Crippen MR) is 95.5 cm³/mol. The lowest BCUT2D eigenvalue weighted by Gasteiger charge is -2.06. The van der Waals surface area contributed by atoms with Crippen molar-refractivity contribution in [2.75, 3.05) is 11.9 Å². The Labute approximate surface area is 135 Å². The molecule has 4 nitrogen and oxygen atoms in total. The van der Waals surface area contributed by atoms with Crippen LogP contribution in [0.5, 0.6) is 5.75 Å². The molecule has 0 spiro atoms. The zero-order valence-corrected chi connectivity index (χ0v) is 12.8. The maximum atomic E-state index is 5.41. The number of hydrogen-bond acceptors (Lipinski definition) is 3. The molecule has 2 N–H and O–H groups in total. The van der Waals surface area contributed by atoms with Gasteiger partial charge in [-0.2, -0.15) is 5.10 Å². The zero-order valence-electron chi connectivity index (χ0n) is 12.0. The van der Waals surface area contributed by atoms with Gasteiger partial charge in [0, 0.05) is 5.69 Å². The number of ether oxygens (including phenoxy) is 1. The minimum atomic E-state index is 0.438. The second kappa shape index (κ2) is 8.59. The van der Waals surface area contributed by atoms with Crippen LogP contribution in [0.25, 0.3) is 0 Å². The summed E-state index contributed by atoms with van der Waals surface area (Å²) < 4.78 is 5.41. The molecule has 2 aromatic carbocycles. The number of anilines is 1. The molecule has 112 valence electrons. The molecule has 2 aromatic rings. The highest BCUT2D eigenvalue weighted by Crippen LogP contribution is 2.10. The highest BCUT2D eigenvalue weighted by molar-refractivity contribution is 7.80. The van der Waals surface area contributed by atoms with Crippen LogP contribution in [0.15, 0.2) is 72.4 Å². The van der Waals surface area contributed by atoms with E-state index in [9.17, 15) is 0 Å². The molecule has 0 aliphatic heterocycles. The molecular formula is C17H17N3OS. The van der Waals surface area contributed by atoms with Crippen molar-refractivity contribution in [1.29, 1.82) is 0 Å². The predicted octanol–water partition coefficient (Wildman–Crippen LogP) is 3.57. The Morgan fingerprint density at radius 3 is 2.55 bits per heavy atom. The van der Waals surface area contributed by atoms with Crippen LogP contribution in [0.4, 0.5) is 5.69 Å². The molecule has 0 unspecified atom stereocenters. The van der Waals surface area contributed by atoms with Gasteiger partial charge in [-0.1, -0.05) is 30.9 Å². The van der Waals surface area contributed by atoms with Gasteiger partial charge >= 0.3 is 0 Å². The van der Waals surface area contributed by atoms with E-state index in [0.29, 0.717) is 11.7 Å². The lowest BCUT2D eigenvalue weighted by Crippen LogP contribution is -2.23. The van der Waals surface area contributed by atoms with Crippen molar-refractivity contribution in [3.8, 4) is 5.75 Å². The molecule has 0 aliphatic rings. The van der Waals surface area contributed by atoms with Gasteiger partial charge in [-0.05, 0) is 54.2 Å². The van der Waals surface area contributed by atoms with Crippen LogP contribution >= 0.6 is 12.2 Å². The van der Waals surface area contributed by atoms with E-state index in [1.54, 1.807) is 12.3 Å². The molecule has 0 heterocycles. The molecule has 0 atom stereocenters. The number of hydrazone groups is 1. The lowest BCUT2D eigenvalue weighted by atomic mass is 10.2. The number of benzene rings is 2. The van der Waals surface area contributed by atoms with E-state index in [1.807, 2.05) is 54.6 Å². The first-order valence-corrected chi connectivity index (χ1v) is 7.17. The zero-order chi connectivity index (χ0) is 15.6. The first-order valence-electron chi connectivity index (χ1n) is 6.77. The van der Waals surface area contributed by atoms with E-state index in [2.05, 4.69) is 22.4 Å². The summed E-state index contributed by atoms with van der Waals surface area (Å²) in [6, 6.07) is 17.3. The van der Waals surface area contributed by atoms with Gasteiger partial charge in [0.2, 0.25) is 0 Å². The molecular weight excluding hydrogens is 294 g/mol. The molecule has 0 aliphatic carbocycles. The van der Waals surface area contributed by atoms with Crippen molar-refractivity contribution < 1.29 is 4.74 Å². The fourth-order valence-corrected chi connectivity index (χ4v) is 1.82. The van der Waals surface area contributed by atoms with Crippen molar-refractivity contribution in [1.82, 2.24) is 5.43 Å². The quantitative estimate of drug-likeness (QED) is 0.370. The van der Waals surface area contributed by atoms with Gasteiger partial charge in [0.15, 0.2) is 5.11 Å². The van der Waals surface area contributed by atoms with Gasteiger partial charge < -0.3 is 10.1 Å². The summed E-state index contributed by atoms with van der Waals surface area (Å²) in [5.41, 5.74) is 4.63. The average Bonchev–Trinajstić information content (AvgIpc) is 2.55.